The van der Waals surface area contributed by atoms with Gasteiger partial charge in [0.25, 0.3) is 0 Å². The molecule has 4 aliphatic heterocycles. The number of nitrogens with one attached hydrogen (secondary N) is 1. The lowest BCUT2D eigenvalue weighted by atomic mass is 10.1. The molecule has 19 nitrogen and oxygen atoms in total. The molecule has 44 heavy (non-hydrogen) atoms. The molecule has 0 aromatic carbocycles. The number of hydrogen-bond acceptors (Lipinski definition) is 15. The number of aromatic nitrogens is 6. The van der Waals surface area contributed by atoms with Crippen molar-refractivity contribution in [2.45, 2.75) is 55.6 Å². The number of nitrogen functional groups attached to an aromatic ring is 1. The van der Waals surface area contributed by atoms with Gasteiger partial charge in [0, 0.05) is 19.2 Å². The summed E-state index contributed by atoms with van der Waals surface area (Å²) in [4.78, 5) is 42.5. The molecule has 9 atom stereocenters. The van der Waals surface area contributed by atoms with Crippen molar-refractivity contribution in [3.05, 3.63) is 24.7 Å². The summed E-state index contributed by atoms with van der Waals surface area (Å²) in [6, 6.07) is 0. The van der Waals surface area contributed by atoms with Gasteiger partial charge in [-0.1, -0.05) is 0 Å². The number of imidazole rings is 2. The minimum Gasteiger partial charge on any atom is -0.382 e. The Kier molecular flexibility index (Phi) is 7.10. The van der Waals surface area contributed by atoms with E-state index in [0.717, 1.165) is 28.1 Å². The summed E-state index contributed by atoms with van der Waals surface area (Å²) < 4.78 is 101. The molecule has 23 heteroatoms. The van der Waals surface area contributed by atoms with Gasteiger partial charge >= 0.3 is 18.1 Å². The molecular weight excluding hydrogens is 639 g/mol. The van der Waals surface area contributed by atoms with Crippen molar-refractivity contribution < 1.29 is 54.2 Å². The lowest BCUT2D eigenvalue weighted by molar-refractivity contribution is -0.0502. The molecule has 3 saturated heterocycles. The topological polar surface area (TPSA) is 246 Å². The third-order valence-electron chi connectivity index (χ3n) is 7.35. The van der Waals surface area contributed by atoms with Crippen LogP contribution in [0.1, 0.15) is 29.4 Å². The predicted molar refractivity (Wildman–Crippen MR) is 139 cm³/mol. The van der Waals surface area contributed by atoms with Crippen LogP contribution in [0.4, 0.5) is 20.4 Å². The summed E-state index contributed by atoms with van der Waals surface area (Å²) in [5, 5.41) is 0. The maximum absolute atomic E-state index is 15.8. The molecule has 3 aromatic rings. The van der Waals surface area contributed by atoms with E-state index in [1.165, 1.54) is 6.21 Å². The first-order valence-electron chi connectivity index (χ1n) is 12.9. The third kappa shape index (κ3) is 5.01. The predicted octanol–water partition coefficient (Wildman–Crippen LogP) is -0.200. The number of aliphatic imine (C=N–C) groups is 1. The second-order valence-electron chi connectivity index (χ2n) is 10.1. The van der Waals surface area contributed by atoms with Gasteiger partial charge in [-0.05, 0) is 0 Å². The number of ketones is 1. The van der Waals surface area contributed by atoms with Crippen LogP contribution in [-0.4, -0.2) is 104 Å². The molecule has 3 aromatic heterocycles. The quantitative estimate of drug-likeness (QED) is 0.301. The van der Waals surface area contributed by atoms with Crippen LogP contribution in [0.3, 0.4) is 0 Å². The summed E-state index contributed by atoms with van der Waals surface area (Å²) in [6.07, 6.45) is -9.87. The smallest absolute Gasteiger partial charge is 0.382 e. The lowest BCUT2D eigenvalue weighted by Gasteiger charge is -2.26. The van der Waals surface area contributed by atoms with Gasteiger partial charge in [-0.25, -0.2) is 42.5 Å². The number of rotatable bonds is 2. The van der Waals surface area contributed by atoms with Crippen molar-refractivity contribution in [1.29, 1.82) is 0 Å². The van der Waals surface area contributed by atoms with Gasteiger partial charge in [-0.2, -0.15) is 13.1 Å². The number of alkyl halides is 2. The minimum absolute atomic E-state index is 0.00150. The number of phosphoric acid groups is 1. The van der Waals surface area contributed by atoms with E-state index in [-0.39, 0.29) is 40.7 Å². The normalized spacial score (nSPS) is 37.2. The van der Waals surface area contributed by atoms with E-state index in [9.17, 15) is 22.7 Å². The largest absolute Gasteiger partial charge is 0.472 e. The fourth-order valence-electron chi connectivity index (χ4n) is 5.32. The SMILES string of the molecule is Nc1ncnc2c1ncn2C1OC2CNS(=O)(=O)OC3C(COP(=O)(O)OC2C1F)OC(n1cnc2c1N=CCC2=O)C3F. The number of phosphoric ester groups is 1. The highest BCUT2D eigenvalue weighted by molar-refractivity contribution is 7.84. The monoisotopic (exact) mass is 661 g/mol. The highest BCUT2D eigenvalue weighted by Gasteiger charge is 2.54. The number of Topliss-reactive ketones (excluding diaryl/α,β-unsaturated/α-hetero) is 1. The Morgan fingerprint density at radius 3 is 2.59 bits per heavy atom. The number of halogens is 2. The fourth-order valence-corrected chi connectivity index (χ4v) is 7.24. The molecular formula is C21H22F2N9O10PS. The van der Waals surface area contributed by atoms with Gasteiger partial charge in [-0.15, -0.1) is 0 Å². The average molecular weight is 661 g/mol. The van der Waals surface area contributed by atoms with Crippen molar-refractivity contribution in [2.24, 2.45) is 4.99 Å². The number of carbonyl (C=O) groups is 1. The minimum atomic E-state index is -5.13. The van der Waals surface area contributed by atoms with Crippen LogP contribution in [0.15, 0.2) is 24.0 Å². The van der Waals surface area contributed by atoms with E-state index in [4.69, 9.17) is 28.4 Å². The van der Waals surface area contributed by atoms with Crippen LogP contribution in [0.2, 0.25) is 0 Å². The third-order valence-corrected chi connectivity index (χ3v) is 9.33. The van der Waals surface area contributed by atoms with Crippen LogP contribution < -0.4 is 10.5 Å². The van der Waals surface area contributed by atoms with Gasteiger partial charge in [0.15, 0.2) is 53.6 Å². The van der Waals surface area contributed by atoms with Crippen molar-refractivity contribution >= 4 is 52.9 Å². The Bertz CT molecular complexity index is 1820. The molecule has 0 aliphatic carbocycles. The molecule has 7 rings (SSSR count). The van der Waals surface area contributed by atoms with Crippen LogP contribution in [-0.2, 0) is 37.6 Å². The second kappa shape index (κ2) is 10.6. The van der Waals surface area contributed by atoms with Gasteiger partial charge in [0.1, 0.15) is 36.3 Å². The summed E-state index contributed by atoms with van der Waals surface area (Å²) in [5.41, 5.74) is 5.94. The maximum atomic E-state index is 15.8. The van der Waals surface area contributed by atoms with E-state index in [0.29, 0.717) is 0 Å². The first-order chi connectivity index (χ1) is 20.9. The van der Waals surface area contributed by atoms with E-state index >= 15 is 8.78 Å². The Morgan fingerprint density at radius 2 is 1.77 bits per heavy atom. The van der Waals surface area contributed by atoms with Crippen molar-refractivity contribution in [3.63, 3.8) is 0 Å². The number of nitrogens with zero attached hydrogens (tertiary/aromatic N) is 7. The van der Waals surface area contributed by atoms with Crippen molar-refractivity contribution in [3.8, 4) is 0 Å². The van der Waals surface area contributed by atoms with Crippen LogP contribution >= 0.6 is 7.82 Å². The van der Waals surface area contributed by atoms with E-state index in [1.807, 2.05) is 4.72 Å². The molecule has 0 amide bonds. The van der Waals surface area contributed by atoms with E-state index in [1.54, 1.807) is 0 Å². The molecule has 7 heterocycles. The highest BCUT2D eigenvalue weighted by atomic mass is 32.2. The molecule has 0 spiro atoms. The number of anilines is 1. The molecule has 4 aliphatic rings. The summed E-state index contributed by atoms with van der Waals surface area (Å²) >= 11 is 0. The van der Waals surface area contributed by atoms with Crippen molar-refractivity contribution in [2.75, 3.05) is 18.9 Å². The van der Waals surface area contributed by atoms with Crippen molar-refractivity contribution in [1.82, 2.24) is 33.8 Å². The fraction of sp³-hybridized carbons (Fsp3) is 0.524. The Hall–Kier alpha value is -3.34. The number of hydrogen-bond donors (Lipinski definition) is 3. The number of ether oxygens (including phenoxy) is 2. The van der Waals surface area contributed by atoms with Gasteiger partial charge < -0.3 is 20.1 Å². The average Bonchev–Trinajstić information content (AvgIpc) is 3.73. The van der Waals surface area contributed by atoms with E-state index < -0.39 is 80.5 Å². The standard InChI is InChI=1S/C21H22F2N9O10PS/c22-11-15-9(39-20(11)32-7-29-14-17(24)26-5-27-19(14)32)3-30-44(36,37)42-16-10(4-38-43(34,35)41-15)40-21(12(16)23)31-6-28-13-8(33)1-2-25-18(13)31/h2,5-7,9-12,15-16,20-21,30H,1,3-4H2,(H,34,35)(H2,24,26,27). The molecule has 0 bridgehead atoms. The maximum Gasteiger partial charge on any atom is 0.472 e. The number of nitrogens with two attached hydrogens (primary N) is 1. The molecule has 0 saturated carbocycles. The first kappa shape index (κ1) is 29.4. The number of carbonyl (C=O) groups excluding carboxylic acids is 1. The zero-order chi connectivity index (χ0) is 31.0. The zero-order valence-electron chi connectivity index (χ0n) is 22.0. The Labute approximate surface area is 245 Å². The second-order valence-corrected chi connectivity index (χ2v) is 12.9. The molecule has 3 fully saturated rings. The Morgan fingerprint density at radius 1 is 1.05 bits per heavy atom. The van der Waals surface area contributed by atoms with Gasteiger partial charge in [-0.3, -0.25) is 23.0 Å². The molecule has 9 unspecified atom stereocenters. The van der Waals surface area contributed by atoms with E-state index in [2.05, 4.69) is 24.9 Å². The summed E-state index contributed by atoms with van der Waals surface area (Å²) in [5.74, 6) is -0.408. The van der Waals surface area contributed by atoms with Crippen LogP contribution in [0.5, 0.6) is 0 Å². The van der Waals surface area contributed by atoms with Gasteiger partial charge in [0.05, 0.1) is 19.3 Å². The highest BCUT2D eigenvalue weighted by Crippen LogP contribution is 2.50. The summed E-state index contributed by atoms with van der Waals surface area (Å²) in [6.45, 7) is -1.66. The van der Waals surface area contributed by atoms with Crippen LogP contribution in [0.25, 0.3) is 11.2 Å². The van der Waals surface area contributed by atoms with Crippen LogP contribution in [0, 0.1) is 0 Å². The van der Waals surface area contributed by atoms with Gasteiger partial charge in [0.2, 0.25) is 0 Å². The lowest BCUT2D eigenvalue weighted by Crippen LogP contribution is -2.45. The summed E-state index contributed by atoms with van der Waals surface area (Å²) in [7, 11) is -9.92. The Balaban J connectivity index is 1.16. The molecule has 4 N–H and O–H groups in total. The first-order valence-corrected chi connectivity index (χ1v) is 15.8. The molecule has 236 valence electrons. The number of fused-ring (bicyclic) bond motifs is 4. The zero-order valence-corrected chi connectivity index (χ0v) is 23.7. The molecule has 0 radical (unpaired) electrons.